The number of carbonyl (C=O) groups is 1. The molecule has 0 atom stereocenters. The highest BCUT2D eigenvalue weighted by Gasteiger charge is 2.54. The van der Waals surface area contributed by atoms with Crippen LogP contribution < -0.4 is 0 Å². The Bertz CT molecular complexity index is 1240. The van der Waals surface area contributed by atoms with Gasteiger partial charge in [-0.25, -0.2) is 13.5 Å². The molecule has 0 N–H and O–H groups in total. The van der Waals surface area contributed by atoms with E-state index >= 15 is 0 Å². The fourth-order valence-electron chi connectivity index (χ4n) is 7.82. The first-order valence-electron chi connectivity index (χ1n) is 13.9. The Labute approximate surface area is 226 Å². The van der Waals surface area contributed by atoms with Crippen LogP contribution in [-0.4, -0.2) is 51.2 Å². The predicted molar refractivity (Wildman–Crippen MR) is 141 cm³/mol. The molecule has 1 aliphatic heterocycles. The van der Waals surface area contributed by atoms with Gasteiger partial charge in [0.25, 0.3) is 0 Å². The molecule has 0 spiro atoms. The number of ether oxygens (including phenoxy) is 1. The summed E-state index contributed by atoms with van der Waals surface area (Å²) in [5, 5.41) is 9.64. The van der Waals surface area contributed by atoms with E-state index < -0.39 is 11.6 Å². The van der Waals surface area contributed by atoms with Gasteiger partial charge >= 0.3 is 5.97 Å². The van der Waals surface area contributed by atoms with E-state index in [0.717, 1.165) is 51.0 Å². The van der Waals surface area contributed by atoms with E-state index in [2.05, 4.69) is 10.0 Å². The number of hydrogen-bond acceptors (Lipinski definition) is 6. The van der Waals surface area contributed by atoms with Crippen molar-refractivity contribution in [1.29, 1.82) is 0 Å². The number of esters is 1. The summed E-state index contributed by atoms with van der Waals surface area (Å²) < 4.78 is 37.9. The van der Waals surface area contributed by atoms with Gasteiger partial charge in [0.2, 0.25) is 4.77 Å². The van der Waals surface area contributed by atoms with Gasteiger partial charge in [0, 0.05) is 18.5 Å². The summed E-state index contributed by atoms with van der Waals surface area (Å²) in [6.07, 6.45) is 9.79. The SMILES string of the molecule is CCOC(=O)C1CCN(Cn2nc(C34CC5CC(CC(C5)C3)C4)n(/N=C/c3c(F)cccc3F)c2=S)CC1. The minimum Gasteiger partial charge on any atom is -0.466 e. The van der Waals surface area contributed by atoms with Crippen LogP contribution in [0.5, 0.6) is 0 Å². The second-order valence-electron chi connectivity index (χ2n) is 11.8. The maximum Gasteiger partial charge on any atom is 0.309 e. The molecule has 0 radical (unpaired) electrons. The lowest BCUT2D eigenvalue weighted by molar-refractivity contribution is -0.149. The van der Waals surface area contributed by atoms with Crippen molar-refractivity contribution in [2.45, 2.75) is 70.4 Å². The molecule has 0 amide bonds. The molecule has 7 rings (SSSR count). The zero-order valence-electron chi connectivity index (χ0n) is 21.8. The summed E-state index contributed by atoms with van der Waals surface area (Å²) in [6.45, 7) is 4.21. The molecule has 7 nitrogen and oxygen atoms in total. The minimum absolute atomic E-state index is 0.0698. The first-order valence-corrected chi connectivity index (χ1v) is 14.3. The topological polar surface area (TPSA) is 64.7 Å². The Balaban J connectivity index is 1.31. The normalized spacial score (nSPS) is 29.4. The molecule has 4 aliphatic carbocycles. The monoisotopic (exact) mass is 543 g/mol. The number of nitrogens with zero attached hydrogens (tertiary/aromatic N) is 5. The summed E-state index contributed by atoms with van der Waals surface area (Å²) in [6, 6.07) is 3.80. The van der Waals surface area contributed by atoms with E-state index in [0.29, 0.717) is 35.8 Å². The van der Waals surface area contributed by atoms with Crippen molar-refractivity contribution < 1.29 is 18.3 Å². The molecule has 204 valence electrons. The van der Waals surface area contributed by atoms with Crippen LogP contribution in [0.4, 0.5) is 8.78 Å². The lowest BCUT2D eigenvalue weighted by Gasteiger charge is -2.55. The number of benzene rings is 1. The van der Waals surface area contributed by atoms with E-state index in [4.69, 9.17) is 22.1 Å². The number of hydrogen-bond donors (Lipinski definition) is 0. The molecule has 5 fully saturated rings. The van der Waals surface area contributed by atoms with Crippen LogP contribution in [0.25, 0.3) is 0 Å². The molecule has 5 aliphatic rings. The fraction of sp³-hybridized carbons (Fsp3) is 0.643. The van der Waals surface area contributed by atoms with Crippen molar-refractivity contribution in [2.24, 2.45) is 28.8 Å². The Kier molecular flexibility index (Phi) is 6.97. The largest absolute Gasteiger partial charge is 0.466 e. The van der Waals surface area contributed by atoms with Gasteiger partial charge in [0.15, 0.2) is 5.82 Å². The number of aromatic nitrogens is 3. The van der Waals surface area contributed by atoms with Crippen molar-refractivity contribution in [1.82, 2.24) is 19.4 Å². The zero-order chi connectivity index (χ0) is 26.4. The van der Waals surface area contributed by atoms with Crippen molar-refractivity contribution in [3.05, 3.63) is 46.0 Å². The molecule has 10 heteroatoms. The van der Waals surface area contributed by atoms with Crippen LogP contribution in [0, 0.1) is 40.1 Å². The fourth-order valence-corrected chi connectivity index (χ4v) is 8.05. The number of carbonyl (C=O) groups excluding carboxylic acids is 1. The van der Waals surface area contributed by atoms with E-state index in [1.54, 1.807) is 4.68 Å². The van der Waals surface area contributed by atoms with Gasteiger partial charge in [-0.05, 0) is 100 Å². The highest BCUT2D eigenvalue weighted by molar-refractivity contribution is 7.71. The first kappa shape index (κ1) is 25.8. The predicted octanol–water partition coefficient (Wildman–Crippen LogP) is 5.27. The van der Waals surface area contributed by atoms with Crippen LogP contribution in [-0.2, 0) is 21.6 Å². The molecule has 4 saturated carbocycles. The highest BCUT2D eigenvalue weighted by Crippen LogP contribution is 2.60. The third kappa shape index (κ3) is 4.74. The zero-order valence-corrected chi connectivity index (χ0v) is 22.6. The summed E-state index contributed by atoms with van der Waals surface area (Å²) in [7, 11) is 0. The van der Waals surface area contributed by atoms with Gasteiger partial charge < -0.3 is 4.74 Å². The molecule has 1 aromatic carbocycles. The van der Waals surface area contributed by atoms with Gasteiger partial charge in [-0.3, -0.25) is 9.69 Å². The molecule has 38 heavy (non-hydrogen) atoms. The van der Waals surface area contributed by atoms with Crippen molar-refractivity contribution in [2.75, 3.05) is 19.7 Å². The quantitative estimate of drug-likeness (QED) is 0.270. The molecule has 1 saturated heterocycles. The first-order chi connectivity index (χ1) is 18.3. The Morgan fingerprint density at radius 3 is 2.32 bits per heavy atom. The van der Waals surface area contributed by atoms with Crippen LogP contribution >= 0.6 is 12.2 Å². The summed E-state index contributed by atoms with van der Waals surface area (Å²) in [5.74, 6) is 1.42. The lowest BCUT2D eigenvalue weighted by atomic mass is 9.49. The summed E-state index contributed by atoms with van der Waals surface area (Å²) >= 11 is 5.88. The lowest BCUT2D eigenvalue weighted by Crippen LogP contribution is -2.49. The third-order valence-electron chi connectivity index (χ3n) is 9.17. The maximum absolute atomic E-state index is 14.4. The Morgan fingerprint density at radius 2 is 1.74 bits per heavy atom. The van der Waals surface area contributed by atoms with Crippen LogP contribution in [0.3, 0.4) is 0 Å². The molecule has 0 unspecified atom stereocenters. The van der Waals surface area contributed by atoms with Gasteiger partial charge in [0.05, 0.1) is 31.0 Å². The maximum atomic E-state index is 14.4. The van der Waals surface area contributed by atoms with Gasteiger partial charge in [-0.1, -0.05) is 6.07 Å². The number of halogens is 2. The third-order valence-corrected chi connectivity index (χ3v) is 9.56. The molecular formula is C28H35F2N5O2S. The second kappa shape index (κ2) is 10.3. The Hall–Kier alpha value is -2.46. The summed E-state index contributed by atoms with van der Waals surface area (Å²) in [5.41, 5.74) is -0.282. The standard InChI is InChI=1S/C28H35F2N5O2S/c1-2-37-25(36)21-6-8-33(9-7-21)17-34-27(38)35(31-16-22-23(29)4-3-5-24(22)30)26(32-34)28-13-18-10-19(14-28)12-20(11-18)15-28/h3-5,16,18-21H,2,6-15,17H2,1H3/b31-16+. The second-order valence-corrected chi connectivity index (χ2v) is 12.1. The number of piperidine rings is 1. The molecular weight excluding hydrogens is 508 g/mol. The van der Waals surface area contributed by atoms with Crippen molar-refractivity contribution in [3.63, 3.8) is 0 Å². The van der Waals surface area contributed by atoms with E-state index in [1.807, 2.05) is 11.6 Å². The van der Waals surface area contributed by atoms with Gasteiger partial charge in [0.1, 0.15) is 11.6 Å². The molecule has 1 aromatic heterocycles. The molecule has 4 bridgehead atoms. The van der Waals surface area contributed by atoms with Gasteiger partial charge in [-0.2, -0.15) is 14.9 Å². The van der Waals surface area contributed by atoms with Crippen LogP contribution in [0.15, 0.2) is 23.3 Å². The van der Waals surface area contributed by atoms with E-state index in [9.17, 15) is 13.6 Å². The van der Waals surface area contributed by atoms with Crippen molar-refractivity contribution in [3.8, 4) is 0 Å². The smallest absolute Gasteiger partial charge is 0.309 e. The Morgan fingerprint density at radius 1 is 1.13 bits per heavy atom. The molecule has 2 heterocycles. The highest BCUT2D eigenvalue weighted by atomic mass is 32.1. The minimum atomic E-state index is -0.659. The number of rotatable bonds is 7. The van der Waals surface area contributed by atoms with Crippen LogP contribution in [0.1, 0.15) is 69.7 Å². The van der Waals surface area contributed by atoms with Gasteiger partial charge in [-0.15, -0.1) is 0 Å². The molecule has 2 aromatic rings. The number of likely N-dealkylation sites (tertiary alicyclic amines) is 1. The average molecular weight is 544 g/mol. The van der Waals surface area contributed by atoms with Crippen LogP contribution in [0.2, 0.25) is 0 Å². The van der Waals surface area contributed by atoms with Crippen molar-refractivity contribution >= 4 is 24.4 Å². The van der Waals surface area contributed by atoms with E-state index in [1.165, 1.54) is 43.7 Å². The average Bonchev–Trinajstić information content (AvgIpc) is 3.19. The van der Waals surface area contributed by atoms with E-state index in [-0.39, 0.29) is 22.9 Å². The summed E-state index contributed by atoms with van der Waals surface area (Å²) in [4.78, 5) is 14.4.